The molecule has 2 amide bonds. The van der Waals surface area contributed by atoms with Crippen molar-refractivity contribution >= 4 is 24.1 Å². The fraction of sp³-hybridized carbons (Fsp3) is 0.733. The number of aliphatic hydroxyl groups is 1. The Kier molecular flexibility index (Phi) is 11.1. The van der Waals surface area contributed by atoms with E-state index in [4.69, 9.17) is 22.3 Å². The quantitative estimate of drug-likeness (QED) is 0.0793. The smallest absolute Gasteiger partial charge is 0.338 e. The maximum Gasteiger partial charge on any atom is 0.338 e. The number of hydrogen-bond acceptors (Lipinski definition) is 5. The van der Waals surface area contributed by atoms with Crippen LogP contribution in [0, 0.1) is 5.92 Å². The van der Waals surface area contributed by atoms with Crippen LogP contribution in [0.1, 0.15) is 33.1 Å². The highest BCUT2D eigenvalue weighted by Gasteiger charge is 2.25. The SMILES string of the molecule is CC(C)C[C@H](NC(=O)[C@@H](N)CCC[NH+]=C(N)N)C(=O)N[C@H](C=O)CO. The van der Waals surface area contributed by atoms with Gasteiger partial charge in [-0.05, 0) is 25.2 Å². The zero-order valence-corrected chi connectivity index (χ0v) is 14.8. The molecule has 0 radical (unpaired) electrons. The lowest BCUT2D eigenvalue weighted by Crippen LogP contribution is -2.78. The molecule has 0 fully saturated rings. The van der Waals surface area contributed by atoms with Gasteiger partial charge in [-0.3, -0.25) is 26.0 Å². The molecule has 0 unspecified atom stereocenters. The summed E-state index contributed by atoms with van der Waals surface area (Å²) in [7, 11) is 0. The third kappa shape index (κ3) is 10.3. The summed E-state index contributed by atoms with van der Waals surface area (Å²) in [4.78, 5) is 37.9. The molecular formula is C15H31N6O4+. The fourth-order valence-corrected chi connectivity index (χ4v) is 2.07. The van der Waals surface area contributed by atoms with E-state index in [-0.39, 0.29) is 11.9 Å². The van der Waals surface area contributed by atoms with Crippen molar-refractivity contribution in [2.45, 2.75) is 51.2 Å². The number of nitrogens with one attached hydrogen (secondary N) is 3. The Balaban J connectivity index is 4.67. The van der Waals surface area contributed by atoms with E-state index in [1.54, 1.807) is 0 Å². The van der Waals surface area contributed by atoms with Crippen molar-refractivity contribution in [3.05, 3.63) is 0 Å². The van der Waals surface area contributed by atoms with Crippen LogP contribution in [0.4, 0.5) is 0 Å². The average molecular weight is 359 g/mol. The van der Waals surface area contributed by atoms with Crippen molar-refractivity contribution in [1.82, 2.24) is 10.6 Å². The minimum absolute atomic E-state index is 0.0975. The number of amides is 2. The first-order chi connectivity index (χ1) is 11.7. The van der Waals surface area contributed by atoms with Gasteiger partial charge in [0, 0.05) is 0 Å². The lowest BCUT2D eigenvalue weighted by molar-refractivity contribution is -0.459. The maximum absolute atomic E-state index is 12.2. The van der Waals surface area contributed by atoms with Crippen molar-refractivity contribution in [2.75, 3.05) is 13.2 Å². The lowest BCUT2D eigenvalue weighted by atomic mass is 10.0. The molecule has 0 aliphatic rings. The van der Waals surface area contributed by atoms with Crippen molar-refractivity contribution in [2.24, 2.45) is 23.1 Å². The molecule has 0 saturated heterocycles. The Hall–Kier alpha value is -2.20. The third-order valence-electron chi connectivity index (χ3n) is 3.39. The summed E-state index contributed by atoms with van der Waals surface area (Å²) in [5.41, 5.74) is 16.4. The van der Waals surface area contributed by atoms with E-state index in [1.165, 1.54) is 0 Å². The van der Waals surface area contributed by atoms with E-state index in [0.717, 1.165) is 0 Å². The maximum atomic E-state index is 12.2. The molecule has 25 heavy (non-hydrogen) atoms. The summed E-state index contributed by atoms with van der Waals surface area (Å²) in [6, 6.07) is -2.63. The number of carbonyl (C=O) groups excluding carboxylic acids is 3. The van der Waals surface area contributed by atoms with E-state index < -0.39 is 36.5 Å². The van der Waals surface area contributed by atoms with E-state index in [0.29, 0.717) is 32.1 Å². The standard InChI is InChI=1S/C15H30N6O4/c1-9(2)6-12(14(25)20-10(7-22)8-23)21-13(24)11(16)4-3-5-19-15(17)18/h7,9-12,23H,3-6,8,16H2,1-2H3,(H,20,25)(H,21,24)(H4,17,18,19)/p+1/t10-,11+,12+/m1/s1. The Morgan fingerprint density at radius 1 is 1.20 bits per heavy atom. The van der Waals surface area contributed by atoms with Crippen LogP contribution in [0.3, 0.4) is 0 Å². The minimum Gasteiger partial charge on any atom is -0.394 e. The Labute approximate surface area is 147 Å². The van der Waals surface area contributed by atoms with Crippen LogP contribution < -0.4 is 32.8 Å². The number of guanidine groups is 1. The molecule has 0 saturated carbocycles. The lowest BCUT2D eigenvalue weighted by Gasteiger charge is -2.23. The summed E-state index contributed by atoms with van der Waals surface area (Å²) in [5, 5.41) is 14.0. The molecule has 0 aliphatic heterocycles. The van der Waals surface area contributed by atoms with Crippen LogP contribution in [0.2, 0.25) is 0 Å². The molecule has 10 nitrogen and oxygen atoms in total. The van der Waals surface area contributed by atoms with Gasteiger partial charge in [0.25, 0.3) is 0 Å². The monoisotopic (exact) mass is 359 g/mol. The predicted molar refractivity (Wildman–Crippen MR) is 92.9 cm³/mol. The van der Waals surface area contributed by atoms with Crippen molar-refractivity contribution in [1.29, 1.82) is 0 Å². The summed E-state index contributed by atoms with van der Waals surface area (Å²) < 4.78 is 0. The Morgan fingerprint density at radius 3 is 2.32 bits per heavy atom. The van der Waals surface area contributed by atoms with Crippen LogP contribution in [0.15, 0.2) is 0 Å². The Morgan fingerprint density at radius 2 is 1.84 bits per heavy atom. The molecule has 10 heteroatoms. The van der Waals surface area contributed by atoms with Gasteiger partial charge in [-0.15, -0.1) is 0 Å². The second kappa shape index (κ2) is 12.2. The van der Waals surface area contributed by atoms with Gasteiger partial charge >= 0.3 is 5.96 Å². The zero-order valence-electron chi connectivity index (χ0n) is 14.8. The van der Waals surface area contributed by atoms with Crippen LogP contribution in [0.5, 0.6) is 0 Å². The van der Waals surface area contributed by atoms with Crippen molar-refractivity contribution in [3.8, 4) is 0 Å². The molecule has 0 aromatic rings. The van der Waals surface area contributed by atoms with Crippen LogP contribution in [-0.4, -0.2) is 60.4 Å². The summed E-state index contributed by atoms with van der Waals surface area (Å²) >= 11 is 0. The normalized spacial score (nSPS) is 14.3. The highest BCUT2D eigenvalue weighted by Crippen LogP contribution is 2.06. The number of aldehydes is 1. The van der Waals surface area contributed by atoms with E-state index in [1.807, 2.05) is 13.8 Å². The highest BCUT2D eigenvalue weighted by atomic mass is 16.3. The predicted octanol–water partition coefficient (Wildman–Crippen LogP) is -4.35. The first kappa shape index (κ1) is 22.8. The number of rotatable bonds is 12. The fourth-order valence-electron chi connectivity index (χ4n) is 2.07. The van der Waals surface area contributed by atoms with Gasteiger partial charge in [0.15, 0.2) is 0 Å². The molecule has 0 heterocycles. The third-order valence-corrected chi connectivity index (χ3v) is 3.39. The second-order valence-corrected chi connectivity index (χ2v) is 6.26. The molecular weight excluding hydrogens is 328 g/mol. The topological polar surface area (TPSA) is 188 Å². The Bertz CT molecular complexity index is 465. The van der Waals surface area contributed by atoms with Crippen LogP contribution >= 0.6 is 0 Å². The van der Waals surface area contributed by atoms with Gasteiger partial charge in [-0.25, -0.2) is 0 Å². The van der Waals surface area contributed by atoms with Crippen LogP contribution in [0.25, 0.3) is 0 Å². The molecule has 144 valence electrons. The molecule has 10 N–H and O–H groups in total. The molecule has 0 aromatic heterocycles. The minimum atomic E-state index is -1.00. The average Bonchev–Trinajstić information content (AvgIpc) is 2.54. The summed E-state index contributed by atoms with van der Waals surface area (Å²) in [5.74, 6) is -0.770. The molecule has 3 atom stereocenters. The molecule has 0 spiro atoms. The molecule has 0 aromatic carbocycles. The van der Waals surface area contributed by atoms with Gasteiger partial charge in [-0.2, -0.15) is 0 Å². The van der Waals surface area contributed by atoms with Crippen LogP contribution in [-0.2, 0) is 14.4 Å². The zero-order chi connectivity index (χ0) is 19.4. The number of hydrogen-bond donors (Lipinski definition) is 7. The van der Waals surface area contributed by atoms with Crippen molar-refractivity contribution < 1.29 is 24.5 Å². The molecule has 0 aliphatic carbocycles. The van der Waals surface area contributed by atoms with Gasteiger partial charge in [-0.1, -0.05) is 13.8 Å². The van der Waals surface area contributed by atoms with Gasteiger partial charge in [0.2, 0.25) is 11.8 Å². The van der Waals surface area contributed by atoms with Crippen molar-refractivity contribution in [3.63, 3.8) is 0 Å². The molecule has 0 bridgehead atoms. The summed E-state index contributed by atoms with van der Waals surface area (Å²) in [6.07, 6.45) is 1.77. The molecule has 0 rings (SSSR count). The summed E-state index contributed by atoms with van der Waals surface area (Å²) in [6.45, 7) is 3.77. The van der Waals surface area contributed by atoms with Gasteiger partial charge in [0.05, 0.1) is 19.2 Å². The van der Waals surface area contributed by atoms with Gasteiger partial charge < -0.3 is 26.3 Å². The van der Waals surface area contributed by atoms with E-state index in [9.17, 15) is 14.4 Å². The first-order valence-electron chi connectivity index (χ1n) is 8.25. The highest BCUT2D eigenvalue weighted by molar-refractivity contribution is 5.90. The largest absolute Gasteiger partial charge is 0.394 e. The first-order valence-corrected chi connectivity index (χ1v) is 8.25. The number of nitrogens with two attached hydrogens (primary N) is 3. The number of aliphatic hydroxyl groups excluding tert-OH is 1. The van der Waals surface area contributed by atoms with Gasteiger partial charge in [0.1, 0.15) is 18.4 Å². The number of carbonyl (C=O) groups is 3. The van der Waals surface area contributed by atoms with E-state index >= 15 is 0 Å². The van der Waals surface area contributed by atoms with E-state index in [2.05, 4.69) is 15.6 Å². The second-order valence-electron chi connectivity index (χ2n) is 6.26.